The predicted molar refractivity (Wildman–Crippen MR) is 105 cm³/mol. The zero-order valence-electron chi connectivity index (χ0n) is 16.7. The van der Waals surface area contributed by atoms with E-state index in [0.717, 1.165) is 58.0 Å². The fourth-order valence-corrected chi connectivity index (χ4v) is 4.46. The normalized spacial score (nSPS) is 21.4. The topological polar surface area (TPSA) is 49.9 Å². The molecular weight excluding hydrogens is 340 g/mol. The smallest absolute Gasteiger partial charge is 0.256 e. The zero-order valence-corrected chi connectivity index (χ0v) is 16.7. The number of carbonyl (C=O) groups excluding carboxylic acids is 2. The highest BCUT2D eigenvalue weighted by atomic mass is 16.5. The number of hydrogen-bond acceptors (Lipinski definition) is 3. The second-order valence-corrected chi connectivity index (χ2v) is 7.70. The predicted octanol–water partition coefficient (Wildman–Crippen LogP) is 3.84. The molecule has 1 atom stereocenters. The Morgan fingerprint density at radius 3 is 2.30 bits per heavy atom. The standard InChI is InChI=1S/C22H32N2O3/c1-3-15-23(16-4-2)21(26)19-17-27-22(13-9-6-10-14-22)24(19)20(25)18-11-7-5-8-12-18/h5,7-8,11-12,19H,3-4,6,9-10,13-17H2,1-2H3/t19-/m1/s1. The van der Waals surface area contributed by atoms with E-state index < -0.39 is 11.8 Å². The van der Waals surface area contributed by atoms with Crippen LogP contribution in [-0.2, 0) is 9.53 Å². The second kappa shape index (κ2) is 8.87. The van der Waals surface area contributed by atoms with Gasteiger partial charge >= 0.3 is 0 Å². The average Bonchev–Trinajstić information content (AvgIpc) is 3.06. The van der Waals surface area contributed by atoms with Crippen LogP contribution in [0.5, 0.6) is 0 Å². The molecule has 5 nitrogen and oxygen atoms in total. The highest BCUT2D eigenvalue weighted by Crippen LogP contribution is 2.41. The Kier molecular flexibility index (Phi) is 6.53. The third-order valence-electron chi connectivity index (χ3n) is 5.72. The van der Waals surface area contributed by atoms with Gasteiger partial charge in [0.25, 0.3) is 5.91 Å². The Hall–Kier alpha value is -1.88. The molecule has 1 saturated heterocycles. The molecule has 1 aromatic rings. The Balaban J connectivity index is 1.92. The minimum atomic E-state index is -0.615. The Morgan fingerprint density at radius 1 is 1.07 bits per heavy atom. The second-order valence-electron chi connectivity index (χ2n) is 7.70. The fourth-order valence-electron chi connectivity index (χ4n) is 4.46. The van der Waals surface area contributed by atoms with Gasteiger partial charge < -0.3 is 9.64 Å². The van der Waals surface area contributed by atoms with Crippen LogP contribution in [0.2, 0.25) is 0 Å². The van der Waals surface area contributed by atoms with Crippen LogP contribution in [0.3, 0.4) is 0 Å². The van der Waals surface area contributed by atoms with Crippen LogP contribution < -0.4 is 0 Å². The molecule has 0 radical (unpaired) electrons. The third kappa shape index (κ3) is 4.03. The highest BCUT2D eigenvalue weighted by molar-refractivity contribution is 5.98. The van der Waals surface area contributed by atoms with E-state index in [9.17, 15) is 9.59 Å². The summed E-state index contributed by atoms with van der Waals surface area (Å²) < 4.78 is 6.23. The van der Waals surface area contributed by atoms with Gasteiger partial charge in [-0.1, -0.05) is 38.5 Å². The molecule has 2 amide bonds. The molecule has 3 rings (SSSR count). The van der Waals surface area contributed by atoms with E-state index in [1.54, 1.807) is 4.90 Å². The van der Waals surface area contributed by atoms with Gasteiger partial charge in [-0.2, -0.15) is 0 Å². The maximum Gasteiger partial charge on any atom is 0.256 e. The monoisotopic (exact) mass is 372 g/mol. The lowest BCUT2D eigenvalue weighted by Crippen LogP contribution is -2.57. The number of benzene rings is 1. The highest BCUT2D eigenvalue weighted by Gasteiger charge is 2.53. The van der Waals surface area contributed by atoms with Crippen LogP contribution in [0.1, 0.15) is 69.2 Å². The van der Waals surface area contributed by atoms with Crippen LogP contribution in [0.15, 0.2) is 30.3 Å². The van der Waals surface area contributed by atoms with Crippen LogP contribution in [0.25, 0.3) is 0 Å². The van der Waals surface area contributed by atoms with Crippen LogP contribution in [0, 0.1) is 0 Å². The lowest BCUT2D eigenvalue weighted by molar-refractivity contribution is -0.137. The molecule has 0 unspecified atom stereocenters. The molecule has 2 aliphatic rings. The molecule has 1 heterocycles. The van der Waals surface area contributed by atoms with Crippen LogP contribution in [-0.4, -0.2) is 53.1 Å². The quantitative estimate of drug-likeness (QED) is 0.762. The van der Waals surface area contributed by atoms with Gasteiger partial charge in [0.05, 0.1) is 6.61 Å². The fraction of sp³-hybridized carbons (Fsp3) is 0.636. The SMILES string of the molecule is CCCN(CCC)C(=O)[C@H]1COC2(CCCCC2)N1C(=O)c1ccccc1. The van der Waals surface area contributed by atoms with Crippen molar-refractivity contribution in [3.8, 4) is 0 Å². The van der Waals surface area contributed by atoms with E-state index in [0.29, 0.717) is 12.2 Å². The van der Waals surface area contributed by atoms with Gasteiger partial charge in [-0.25, -0.2) is 0 Å². The van der Waals surface area contributed by atoms with Gasteiger partial charge in [-0.05, 0) is 50.7 Å². The number of carbonyl (C=O) groups is 2. The van der Waals surface area contributed by atoms with E-state index in [-0.39, 0.29) is 11.8 Å². The summed E-state index contributed by atoms with van der Waals surface area (Å²) in [5.41, 5.74) is 0.0126. The molecule has 27 heavy (non-hydrogen) atoms. The summed E-state index contributed by atoms with van der Waals surface area (Å²) in [5, 5.41) is 0. The molecule has 0 bridgehead atoms. The number of nitrogens with zero attached hydrogens (tertiary/aromatic N) is 2. The van der Waals surface area contributed by atoms with E-state index >= 15 is 0 Å². The molecule has 2 fully saturated rings. The summed E-state index contributed by atoms with van der Waals surface area (Å²) in [5.74, 6) is -0.0493. The summed E-state index contributed by atoms with van der Waals surface area (Å²) in [7, 11) is 0. The summed E-state index contributed by atoms with van der Waals surface area (Å²) >= 11 is 0. The molecule has 1 spiro atoms. The van der Waals surface area contributed by atoms with Crippen LogP contribution >= 0.6 is 0 Å². The molecular formula is C22H32N2O3. The van der Waals surface area contributed by atoms with Crippen molar-refractivity contribution in [1.82, 2.24) is 9.80 Å². The van der Waals surface area contributed by atoms with Gasteiger partial charge in [-0.15, -0.1) is 0 Å². The molecule has 0 N–H and O–H groups in total. The number of ether oxygens (including phenoxy) is 1. The van der Waals surface area contributed by atoms with E-state index in [1.165, 1.54) is 0 Å². The first-order valence-electron chi connectivity index (χ1n) is 10.4. The minimum absolute atomic E-state index is 0.0328. The van der Waals surface area contributed by atoms with Crippen molar-refractivity contribution in [2.75, 3.05) is 19.7 Å². The van der Waals surface area contributed by atoms with E-state index in [4.69, 9.17) is 4.74 Å². The average molecular weight is 373 g/mol. The number of hydrogen-bond donors (Lipinski definition) is 0. The molecule has 1 aromatic carbocycles. The summed E-state index contributed by atoms with van der Waals surface area (Å²) in [6.45, 7) is 5.92. The first-order chi connectivity index (χ1) is 13.1. The molecule has 1 aliphatic heterocycles. The van der Waals surface area contributed by atoms with Crippen LogP contribution in [0.4, 0.5) is 0 Å². The lowest BCUT2D eigenvalue weighted by Gasteiger charge is -2.42. The first kappa shape index (κ1) is 19.9. The van der Waals surface area contributed by atoms with Gasteiger partial charge in [-0.3, -0.25) is 14.5 Å². The van der Waals surface area contributed by atoms with Crippen molar-refractivity contribution in [3.63, 3.8) is 0 Å². The largest absolute Gasteiger partial charge is 0.353 e. The number of rotatable bonds is 6. The molecule has 1 saturated carbocycles. The van der Waals surface area contributed by atoms with Crippen molar-refractivity contribution in [1.29, 1.82) is 0 Å². The van der Waals surface area contributed by atoms with Gasteiger partial charge in [0.1, 0.15) is 11.8 Å². The first-order valence-corrected chi connectivity index (χ1v) is 10.4. The van der Waals surface area contributed by atoms with Crippen molar-refractivity contribution in [2.24, 2.45) is 0 Å². The molecule has 1 aliphatic carbocycles. The van der Waals surface area contributed by atoms with Gasteiger partial charge in [0.15, 0.2) is 0 Å². The summed E-state index contributed by atoms with van der Waals surface area (Å²) in [6.07, 6.45) is 6.69. The Bertz CT molecular complexity index is 634. The van der Waals surface area contributed by atoms with E-state index in [1.807, 2.05) is 35.2 Å². The summed E-state index contributed by atoms with van der Waals surface area (Å²) in [4.78, 5) is 30.5. The van der Waals surface area contributed by atoms with Crippen molar-refractivity contribution in [2.45, 2.75) is 70.6 Å². The van der Waals surface area contributed by atoms with Crippen molar-refractivity contribution < 1.29 is 14.3 Å². The molecule has 148 valence electrons. The van der Waals surface area contributed by atoms with Crippen molar-refractivity contribution in [3.05, 3.63) is 35.9 Å². The maximum atomic E-state index is 13.4. The third-order valence-corrected chi connectivity index (χ3v) is 5.72. The van der Waals surface area contributed by atoms with Gasteiger partial charge in [0, 0.05) is 18.7 Å². The zero-order chi connectivity index (χ0) is 19.3. The van der Waals surface area contributed by atoms with E-state index in [2.05, 4.69) is 13.8 Å². The summed E-state index contributed by atoms with van der Waals surface area (Å²) in [6, 6.07) is 8.78. The molecule has 5 heteroatoms. The number of amides is 2. The van der Waals surface area contributed by atoms with Gasteiger partial charge in [0.2, 0.25) is 5.91 Å². The lowest BCUT2D eigenvalue weighted by atomic mass is 9.89. The molecule has 0 aromatic heterocycles. The minimum Gasteiger partial charge on any atom is -0.353 e. The Morgan fingerprint density at radius 2 is 1.70 bits per heavy atom. The Labute approximate surface area is 162 Å². The maximum absolute atomic E-state index is 13.4. The van der Waals surface area contributed by atoms with Crippen molar-refractivity contribution >= 4 is 11.8 Å².